The Labute approximate surface area is 82.0 Å². The molecule has 2 unspecified atom stereocenters. The highest BCUT2D eigenvalue weighted by Crippen LogP contribution is 2.07. The first-order valence-corrected chi connectivity index (χ1v) is 5.88. The summed E-state index contributed by atoms with van der Waals surface area (Å²) in [6.07, 6.45) is 0.909. The van der Waals surface area contributed by atoms with Crippen LogP contribution in [0.2, 0.25) is 0 Å². The van der Waals surface area contributed by atoms with Gasteiger partial charge < -0.3 is 10.8 Å². The molecule has 82 valence electrons. The molecule has 0 aromatic rings. The van der Waals surface area contributed by atoms with Crippen LogP contribution in [0.1, 0.15) is 13.3 Å². The summed E-state index contributed by atoms with van der Waals surface area (Å²) in [4.78, 5) is 21.6. The molecule has 0 aliphatic carbocycles. The second-order valence-corrected chi connectivity index (χ2v) is 5.17. The standard InChI is InChI=1S/C7H13NO5S/c1-3-4(14(2,12)13)6(9)5(8)7(10)11/h4-5H,3,8H2,1-2H3,(H,10,11). The Morgan fingerprint density at radius 2 is 1.86 bits per heavy atom. The number of carboxylic acids is 1. The molecule has 3 N–H and O–H groups in total. The second-order valence-electron chi connectivity index (χ2n) is 2.94. The lowest BCUT2D eigenvalue weighted by atomic mass is 10.1. The van der Waals surface area contributed by atoms with Gasteiger partial charge in [-0.3, -0.25) is 9.59 Å². The Morgan fingerprint density at radius 1 is 1.43 bits per heavy atom. The van der Waals surface area contributed by atoms with Gasteiger partial charge in [-0.15, -0.1) is 0 Å². The summed E-state index contributed by atoms with van der Waals surface area (Å²) in [6, 6.07) is -1.77. The van der Waals surface area contributed by atoms with Crippen molar-refractivity contribution in [2.24, 2.45) is 5.73 Å². The number of carbonyl (C=O) groups excluding carboxylic acids is 1. The molecule has 0 aliphatic rings. The molecule has 0 aromatic heterocycles. The van der Waals surface area contributed by atoms with Crippen LogP contribution in [0.3, 0.4) is 0 Å². The van der Waals surface area contributed by atoms with Crippen molar-refractivity contribution in [2.45, 2.75) is 24.6 Å². The minimum atomic E-state index is -3.59. The van der Waals surface area contributed by atoms with Crippen LogP contribution >= 0.6 is 0 Å². The van der Waals surface area contributed by atoms with E-state index in [1.54, 1.807) is 0 Å². The summed E-state index contributed by atoms with van der Waals surface area (Å²) in [5, 5.41) is 7.10. The van der Waals surface area contributed by atoms with E-state index in [0.29, 0.717) is 0 Å². The van der Waals surface area contributed by atoms with Crippen LogP contribution in [-0.2, 0) is 19.4 Å². The zero-order valence-electron chi connectivity index (χ0n) is 7.93. The molecule has 14 heavy (non-hydrogen) atoms. The second kappa shape index (κ2) is 4.52. The third-order valence-electron chi connectivity index (χ3n) is 1.78. The number of ketones is 1. The van der Waals surface area contributed by atoms with Crippen molar-refractivity contribution < 1.29 is 23.1 Å². The number of rotatable bonds is 5. The van der Waals surface area contributed by atoms with Crippen LogP contribution in [0.25, 0.3) is 0 Å². The van der Waals surface area contributed by atoms with Gasteiger partial charge in [0.15, 0.2) is 21.7 Å². The summed E-state index contributed by atoms with van der Waals surface area (Å²) in [5.74, 6) is -2.49. The van der Waals surface area contributed by atoms with Crippen molar-refractivity contribution in [3.8, 4) is 0 Å². The van der Waals surface area contributed by atoms with Crippen LogP contribution in [0, 0.1) is 0 Å². The molecule has 7 heteroatoms. The molecule has 0 spiro atoms. The molecule has 2 atom stereocenters. The number of hydrogen-bond acceptors (Lipinski definition) is 5. The fourth-order valence-corrected chi connectivity index (χ4v) is 2.21. The van der Waals surface area contributed by atoms with Gasteiger partial charge in [-0.05, 0) is 6.42 Å². The molecule has 0 aromatic carbocycles. The smallest absolute Gasteiger partial charge is 0.328 e. The van der Waals surface area contributed by atoms with Crippen LogP contribution in [0.4, 0.5) is 0 Å². The van der Waals surface area contributed by atoms with Crippen molar-refractivity contribution in [3.05, 3.63) is 0 Å². The van der Waals surface area contributed by atoms with E-state index in [2.05, 4.69) is 0 Å². The quantitative estimate of drug-likeness (QED) is 0.565. The number of aliphatic carboxylic acids is 1. The average Bonchev–Trinajstić information content (AvgIpc) is 2.01. The summed E-state index contributed by atoms with van der Waals surface area (Å²) in [6.45, 7) is 1.48. The monoisotopic (exact) mass is 223 g/mol. The molecule has 0 radical (unpaired) electrons. The van der Waals surface area contributed by atoms with E-state index < -0.39 is 32.9 Å². The molecule has 0 fully saturated rings. The predicted molar refractivity (Wildman–Crippen MR) is 49.5 cm³/mol. The van der Waals surface area contributed by atoms with Crippen molar-refractivity contribution in [1.82, 2.24) is 0 Å². The van der Waals surface area contributed by atoms with Crippen molar-refractivity contribution in [3.63, 3.8) is 0 Å². The number of nitrogens with two attached hydrogens (primary N) is 1. The van der Waals surface area contributed by atoms with Gasteiger partial charge >= 0.3 is 5.97 Å². The summed E-state index contributed by atoms with van der Waals surface area (Å²) in [5.41, 5.74) is 5.02. The summed E-state index contributed by atoms with van der Waals surface area (Å²) >= 11 is 0. The molecule has 0 amide bonds. The summed E-state index contributed by atoms with van der Waals surface area (Å²) in [7, 11) is -3.59. The van der Waals surface area contributed by atoms with Gasteiger partial charge in [0.05, 0.1) is 0 Å². The molecule has 0 bridgehead atoms. The highest BCUT2D eigenvalue weighted by molar-refractivity contribution is 7.92. The number of carboxylic acid groups (broad SMARTS) is 1. The zero-order chi connectivity index (χ0) is 11.5. The number of carbonyl (C=O) groups is 2. The van der Waals surface area contributed by atoms with Gasteiger partial charge in [-0.1, -0.05) is 6.92 Å². The van der Waals surface area contributed by atoms with Gasteiger partial charge in [-0.25, -0.2) is 8.42 Å². The molecule has 6 nitrogen and oxygen atoms in total. The van der Waals surface area contributed by atoms with E-state index in [0.717, 1.165) is 6.26 Å². The number of Topliss-reactive ketones (excluding diaryl/α,β-unsaturated/α-hetero) is 1. The normalized spacial score (nSPS) is 15.9. The molecule has 0 saturated heterocycles. The van der Waals surface area contributed by atoms with Crippen molar-refractivity contribution >= 4 is 21.6 Å². The molecular weight excluding hydrogens is 210 g/mol. The van der Waals surface area contributed by atoms with Gasteiger partial charge in [0.2, 0.25) is 0 Å². The molecule has 0 aliphatic heterocycles. The third kappa shape index (κ3) is 3.08. The molecule has 0 rings (SSSR count). The first-order valence-electron chi connectivity index (χ1n) is 3.92. The van der Waals surface area contributed by atoms with Gasteiger partial charge in [0.25, 0.3) is 0 Å². The van der Waals surface area contributed by atoms with E-state index in [1.807, 2.05) is 0 Å². The lowest BCUT2D eigenvalue weighted by molar-refractivity contribution is -0.142. The SMILES string of the molecule is CCC(C(=O)C(N)C(=O)O)S(C)(=O)=O. The van der Waals surface area contributed by atoms with E-state index >= 15 is 0 Å². The Hall–Kier alpha value is -0.950. The Morgan fingerprint density at radius 3 is 2.07 bits per heavy atom. The average molecular weight is 223 g/mol. The molecule has 0 saturated carbocycles. The summed E-state index contributed by atoms with van der Waals surface area (Å²) < 4.78 is 22.1. The topological polar surface area (TPSA) is 115 Å². The highest BCUT2D eigenvalue weighted by atomic mass is 32.2. The molecular formula is C7H13NO5S. The van der Waals surface area contributed by atoms with E-state index in [-0.39, 0.29) is 6.42 Å². The fourth-order valence-electron chi connectivity index (χ4n) is 1.04. The maximum absolute atomic E-state index is 11.3. The maximum Gasteiger partial charge on any atom is 0.328 e. The Kier molecular flexibility index (Phi) is 4.21. The Bertz CT molecular complexity index is 334. The van der Waals surface area contributed by atoms with E-state index in [9.17, 15) is 18.0 Å². The van der Waals surface area contributed by atoms with Crippen LogP contribution in [0.5, 0.6) is 0 Å². The molecule has 0 heterocycles. The van der Waals surface area contributed by atoms with Gasteiger partial charge in [0, 0.05) is 6.26 Å². The van der Waals surface area contributed by atoms with Crippen LogP contribution < -0.4 is 5.73 Å². The number of sulfone groups is 1. The number of hydrogen-bond donors (Lipinski definition) is 2. The van der Waals surface area contributed by atoms with E-state index in [1.165, 1.54) is 6.92 Å². The predicted octanol–water partition coefficient (Wildman–Crippen LogP) is -1.21. The van der Waals surface area contributed by atoms with Crippen molar-refractivity contribution in [2.75, 3.05) is 6.26 Å². The maximum atomic E-state index is 11.3. The van der Waals surface area contributed by atoms with Crippen molar-refractivity contribution in [1.29, 1.82) is 0 Å². The fraction of sp³-hybridized carbons (Fsp3) is 0.714. The first kappa shape index (κ1) is 13.1. The van der Waals surface area contributed by atoms with E-state index in [4.69, 9.17) is 10.8 Å². The minimum absolute atomic E-state index is 0.0264. The van der Waals surface area contributed by atoms with Crippen LogP contribution in [0.15, 0.2) is 0 Å². The third-order valence-corrected chi connectivity index (χ3v) is 3.38. The van der Waals surface area contributed by atoms with Gasteiger partial charge in [-0.2, -0.15) is 0 Å². The first-order chi connectivity index (χ1) is 6.21. The zero-order valence-corrected chi connectivity index (χ0v) is 8.74. The minimum Gasteiger partial charge on any atom is -0.480 e. The Balaban J connectivity index is 4.91. The lowest BCUT2D eigenvalue weighted by Crippen LogP contribution is -2.46. The largest absolute Gasteiger partial charge is 0.480 e. The van der Waals surface area contributed by atoms with Crippen LogP contribution in [-0.4, -0.2) is 42.8 Å². The van der Waals surface area contributed by atoms with Gasteiger partial charge in [0.1, 0.15) is 5.25 Å². The highest BCUT2D eigenvalue weighted by Gasteiger charge is 2.34. The lowest BCUT2D eigenvalue weighted by Gasteiger charge is -2.13.